The van der Waals surface area contributed by atoms with Crippen molar-refractivity contribution in [3.05, 3.63) is 15.6 Å². The van der Waals surface area contributed by atoms with E-state index in [9.17, 15) is 0 Å². The van der Waals surface area contributed by atoms with Gasteiger partial charge in [-0.3, -0.25) is 0 Å². The van der Waals surface area contributed by atoms with Crippen LogP contribution in [-0.2, 0) is 12.3 Å². The van der Waals surface area contributed by atoms with Crippen molar-refractivity contribution < 1.29 is 0 Å². The highest BCUT2D eigenvalue weighted by Crippen LogP contribution is 2.27. The van der Waals surface area contributed by atoms with E-state index in [0.717, 1.165) is 12.3 Å². The lowest BCUT2D eigenvalue weighted by molar-refractivity contribution is 0.769. The van der Waals surface area contributed by atoms with Crippen molar-refractivity contribution in [1.29, 1.82) is 0 Å². The monoisotopic (exact) mass is 258 g/mol. The Hall–Kier alpha value is -0.0600. The average molecular weight is 258 g/mol. The number of thioether (sulfide) groups is 1. The molecular weight excluding hydrogens is 236 g/mol. The van der Waals surface area contributed by atoms with Gasteiger partial charge in [-0.15, -0.1) is 11.3 Å². The first-order chi connectivity index (χ1) is 7.69. The maximum Gasteiger partial charge on any atom is 0.103 e. The largest absolute Gasteiger partial charge is 0.315 e. The summed E-state index contributed by atoms with van der Waals surface area (Å²) in [6.07, 6.45) is 1.25. The second-order valence-electron chi connectivity index (χ2n) is 4.15. The lowest BCUT2D eigenvalue weighted by Crippen LogP contribution is -2.06. The van der Waals surface area contributed by atoms with Crippen LogP contribution in [0.15, 0.2) is 0 Å². The SMILES string of the molecule is CCCSCc1nc(C(C)C)c(CNC)s1. The van der Waals surface area contributed by atoms with E-state index >= 15 is 0 Å². The highest BCUT2D eigenvalue weighted by Gasteiger charge is 2.13. The third kappa shape index (κ3) is 4.07. The molecule has 0 saturated heterocycles. The van der Waals surface area contributed by atoms with Crippen LogP contribution in [0.3, 0.4) is 0 Å². The van der Waals surface area contributed by atoms with Gasteiger partial charge in [0.1, 0.15) is 5.01 Å². The Morgan fingerprint density at radius 3 is 2.75 bits per heavy atom. The lowest BCUT2D eigenvalue weighted by Gasteiger charge is -2.03. The van der Waals surface area contributed by atoms with Crippen LogP contribution in [0.5, 0.6) is 0 Å². The van der Waals surface area contributed by atoms with Gasteiger partial charge in [0, 0.05) is 17.2 Å². The first-order valence-electron chi connectivity index (χ1n) is 5.89. The molecule has 0 saturated carbocycles. The summed E-state index contributed by atoms with van der Waals surface area (Å²) >= 11 is 3.85. The van der Waals surface area contributed by atoms with Crippen molar-refractivity contribution in [2.24, 2.45) is 0 Å². The van der Waals surface area contributed by atoms with Gasteiger partial charge in [-0.05, 0) is 25.1 Å². The van der Waals surface area contributed by atoms with E-state index in [2.05, 4.69) is 26.1 Å². The van der Waals surface area contributed by atoms with Gasteiger partial charge in [-0.1, -0.05) is 20.8 Å². The molecule has 0 aliphatic heterocycles. The second kappa shape index (κ2) is 7.30. The number of hydrogen-bond acceptors (Lipinski definition) is 4. The standard InChI is InChI=1S/C12H22N2S2/c1-5-6-15-8-11-14-12(9(2)3)10(16-11)7-13-4/h9,13H,5-8H2,1-4H3. The Bertz CT molecular complexity index is 308. The highest BCUT2D eigenvalue weighted by atomic mass is 32.2. The first-order valence-corrected chi connectivity index (χ1v) is 7.87. The summed E-state index contributed by atoms with van der Waals surface area (Å²) < 4.78 is 0. The maximum atomic E-state index is 4.76. The zero-order chi connectivity index (χ0) is 12.0. The molecule has 0 fully saturated rings. The van der Waals surface area contributed by atoms with Crippen LogP contribution in [0.1, 0.15) is 48.7 Å². The fourth-order valence-electron chi connectivity index (χ4n) is 1.52. The van der Waals surface area contributed by atoms with Crippen LogP contribution in [0.25, 0.3) is 0 Å². The van der Waals surface area contributed by atoms with E-state index in [1.807, 2.05) is 30.1 Å². The Kier molecular flexibility index (Phi) is 6.39. The fraction of sp³-hybridized carbons (Fsp3) is 0.750. The zero-order valence-corrected chi connectivity index (χ0v) is 12.3. The molecule has 0 aromatic carbocycles. The summed E-state index contributed by atoms with van der Waals surface area (Å²) in [4.78, 5) is 6.16. The number of thiazole rings is 1. The molecule has 0 radical (unpaired) electrons. The summed E-state index contributed by atoms with van der Waals surface area (Å²) in [6.45, 7) is 7.61. The summed E-state index contributed by atoms with van der Waals surface area (Å²) in [6, 6.07) is 0. The Labute approximate surface area is 107 Å². The molecule has 2 nitrogen and oxygen atoms in total. The molecule has 0 unspecified atom stereocenters. The van der Waals surface area contributed by atoms with Crippen LogP contribution in [-0.4, -0.2) is 17.8 Å². The second-order valence-corrected chi connectivity index (χ2v) is 6.43. The third-order valence-electron chi connectivity index (χ3n) is 2.23. The lowest BCUT2D eigenvalue weighted by atomic mass is 10.1. The summed E-state index contributed by atoms with van der Waals surface area (Å²) in [5, 5.41) is 4.51. The first kappa shape index (κ1) is 14.0. The van der Waals surface area contributed by atoms with Crippen molar-refractivity contribution >= 4 is 23.1 Å². The number of hydrogen-bond donors (Lipinski definition) is 1. The maximum absolute atomic E-state index is 4.76. The molecule has 0 amide bonds. The van der Waals surface area contributed by atoms with E-state index in [1.54, 1.807) is 0 Å². The Balaban J connectivity index is 2.68. The molecule has 1 N–H and O–H groups in total. The molecule has 1 heterocycles. The Morgan fingerprint density at radius 1 is 1.44 bits per heavy atom. The van der Waals surface area contributed by atoms with Gasteiger partial charge in [-0.25, -0.2) is 4.98 Å². The van der Waals surface area contributed by atoms with Gasteiger partial charge in [-0.2, -0.15) is 11.8 Å². The summed E-state index contributed by atoms with van der Waals surface area (Å²) in [7, 11) is 2.00. The van der Waals surface area contributed by atoms with Crippen LogP contribution in [0.2, 0.25) is 0 Å². The van der Waals surface area contributed by atoms with Crippen LogP contribution >= 0.6 is 23.1 Å². The summed E-state index contributed by atoms with van der Waals surface area (Å²) in [5.41, 5.74) is 1.28. The molecule has 1 rings (SSSR count). The predicted octanol–water partition coefficient (Wildman–Crippen LogP) is 3.63. The highest BCUT2D eigenvalue weighted by molar-refractivity contribution is 7.98. The quantitative estimate of drug-likeness (QED) is 0.756. The zero-order valence-electron chi connectivity index (χ0n) is 10.7. The minimum absolute atomic E-state index is 0.532. The fourth-order valence-corrected chi connectivity index (χ4v) is 3.71. The molecular formula is C12H22N2S2. The molecule has 1 aromatic rings. The van der Waals surface area contributed by atoms with Gasteiger partial charge in [0.15, 0.2) is 0 Å². The molecule has 0 aliphatic carbocycles. The van der Waals surface area contributed by atoms with E-state index in [4.69, 9.17) is 4.98 Å². The van der Waals surface area contributed by atoms with Gasteiger partial charge < -0.3 is 5.32 Å². The topological polar surface area (TPSA) is 24.9 Å². The number of rotatable bonds is 7. The van der Waals surface area contributed by atoms with Crippen molar-refractivity contribution in [1.82, 2.24) is 10.3 Å². The van der Waals surface area contributed by atoms with Crippen LogP contribution in [0, 0.1) is 0 Å². The molecule has 0 spiro atoms. The number of nitrogens with zero attached hydrogens (tertiary/aromatic N) is 1. The minimum Gasteiger partial charge on any atom is -0.315 e. The Morgan fingerprint density at radius 2 is 2.19 bits per heavy atom. The van der Waals surface area contributed by atoms with Gasteiger partial charge in [0.25, 0.3) is 0 Å². The minimum atomic E-state index is 0.532. The van der Waals surface area contributed by atoms with E-state index in [1.165, 1.54) is 27.8 Å². The normalized spacial score (nSPS) is 11.3. The third-order valence-corrected chi connectivity index (χ3v) is 4.66. The van der Waals surface area contributed by atoms with E-state index in [-0.39, 0.29) is 0 Å². The molecule has 0 atom stereocenters. The van der Waals surface area contributed by atoms with Crippen molar-refractivity contribution in [3.63, 3.8) is 0 Å². The number of nitrogens with one attached hydrogen (secondary N) is 1. The van der Waals surface area contributed by atoms with Gasteiger partial charge in [0.2, 0.25) is 0 Å². The molecule has 0 aliphatic rings. The van der Waals surface area contributed by atoms with Crippen molar-refractivity contribution in [2.45, 2.75) is 45.4 Å². The van der Waals surface area contributed by atoms with Crippen LogP contribution in [0.4, 0.5) is 0 Å². The van der Waals surface area contributed by atoms with Crippen molar-refractivity contribution in [2.75, 3.05) is 12.8 Å². The van der Waals surface area contributed by atoms with E-state index < -0.39 is 0 Å². The molecule has 4 heteroatoms. The molecule has 1 aromatic heterocycles. The van der Waals surface area contributed by atoms with Gasteiger partial charge in [0.05, 0.1) is 5.69 Å². The average Bonchev–Trinajstić information content (AvgIpc) is 2.62. The molecule has 0 bridgehead atoms. The predicted molar refractivity (Wildman–Crippen MR) is 75.4 cm³/mol. The summed E-state index contributed by atoms with van der Waals surface area (Å²) in [5.74, 6) is 2.84. The van der Waals surface area contributed by atoms with E-state index in [0.29, 0.717) is 5.92 Å². The van der Waals surface area contributed by atoms with Crippen LogP contribution < -0.4 is 5.32 Å². The molecule has 16 heavy (non-hydrogen) atoms. The van der Waals surface area contributed by atoms with Crippen molar-refractivity contribution in [3.8, 4) is 0 Å². The molecule has 92 valence electrons. The number of aromatic nitrogens is 1. The van der Waals surface area contributed by atoms with Gasteiger partial charge >= 0.3 is 0 Å². The smallest absolute Gasteiger partial charge is 0.103 e.